The average Bonchev–Trinajstić information content (AvgIpc) is 3.20. The van der Waals surface area contributed by atoms with Crippen molar-refractivity contribution in [1.82, 2.24) is 5.32 Å². The third kappa shape index (κ3) is 3.84. The van der Waals surface area contributed by atoms with Gasteiger partial charge in [0.2, 0.25) is 0 Å². The Morgan fingerprint density at radius 1 is 1.39 bits per heavy atom. The molecule has 18 heavy (non-hydrogen) atoms. The van der Waals surface area contributed by atoms with Crippen LogP contribution >= 0.6 is 0 Å². The van der Waals surface area contributed by atoms with Gasteiger partial charge in [-0.3, -0.25) is 4.79 Å². The van der Waals surface area contributed by atoms with E-state index < -0.39 is 0 Å². The highest BCUT2D eigenvalue weighted by atomic mass is 16.5. The van der Waals surface area contributed by atoms with Gasteiger partial charge in [0, 0.05) is 12.6 Å². The lowest BCUT2D eigenvalue weighted by Gasteiger charge is -2.17. The van der Waals surface area contributed by atoms with Crippen molar-refractivity contribution in [1.29, 1.82) is 0 Å². The normalized spacial score (nSPS) is 16.3. The average molecular weight is 247 g/mol. The zero-order valence-corrected chi connectivity index (χ0v) is 11.1. The summed E-state index contributed by atoms with van der Waals surface area (Å²) >= 11 is 0. The zero-order chi connectivity index (χ0) is 13.0. The van der Waals surface area contributed by atoms with Crippen molar-refractivity contribution in [3.8, 4) is 0 Å². The van der Waals surface area contributed by atoms with Crippen LogP contribution in [-0.2, 0) is 16.1 Å². The van der Waals surface area contributed by atoms with Crippen LogP contribution in [0.2, 0.25) is 0 Å². The van der Waals surface area contributed by atoms with Gasteiger partial charge >= 0.3 is 5.97 Å². The molecule has 0 amide bonds. The van der Waals surface area contributed by atoms with Gasteiger partial charge in [-0.1, -0.05) is 29.8 Å². The molecule has 1 unspecified atom stereocenters. The van der Waals surface area contributed by atoms with Gasteiger partial charge in [-0.25, -0.2) is 0 Å². The maximum Gasteiger partial charge on any atom is 0.307 e. The molecular formula is C15H21NO2. The summed E-state index contributed by atoms with van der Waals surface area (Å²) in [5.74, 6) is 0.526. The smallest absolute Gasteiger partial charge is 0.307 e. The van der Waals surface area contributed by atoms with Crippen molar-refractivity contribution in [2.45, 2.75) is 38.8 Å². The van der Waals surface area contributed by atoms with Crippen LogP contribution in [0, 0.1) is 12.8 Å². The fourth-order valence-corrected chi connectivity index (χ4v) is 2.12. The molecule has 3 nitrogen and oxygen atoms in total. The van der Waals surface area contributed by atoms with Crippen LogP contribution in [0.1, 0.15) is 30.4 Å². The highest BCUT2D eigenvalue weighted by Gasteiger charge is 2.32. The summed E-state index contributed by atoms with van der Waals surface area (Å²) in [6.45, 7) is 2.90. The summed E-state index contributed by atoms with van der Waals surface area (Å²) in [7, 11) is 1.45. The standard InChI is InChI=1S/C15H21NO2/c1-11-3-5-12(6-4-11)10-16-14(13-7-8-13)9-15(17)18-2/h3-6,13-14,16H,7-10H2,1-2H3. The van der Waals surface area contributed by atoms with Crippen LogP contribution < -0.4 is 5.32 Å². The van der Waals surface area contributed by atoms with Gasteiger partial charge in [0.05, 0.1) is 13.5 Å². The van der Waals surface area contributed by atoms with Crippen molar-refractivity contribution in [3.05, 3.63) is 35.4 Å². The fourth-order valence-electron chi connectivity index (χ4n) is 2.12. The Labute approximate surface area is 109 Å². The number of esters is 1. The molecule has 0 heterocycles. The molecule has 0 aromatic heterocycles. The van der Waals surface area contributed by atoms with Gasteiger partial charge in [0.15, 0.2) is 0 Å². The Morgan fingerprint density at radius 2 is 2.06 bits per heavy atom. The monoisotopic (exact) mass is 247 g/mol. The first-order chi connectivity index (χ1) is 8.69. The molecule has 1 aromatic rings. The Kier molecular flexibility index (Phi) is 4.37. The van der Waals surface area contributed by atoms with Crippen LogP contribution in [0.4, 0.5) is 0 Å². The van der Waals surface area contributed by atoms with Crippen molar-refractivity contribution >= 4 is 5.97 Å². The molecule has 98 valence electrons. The zero-order valence-electron chi connectivity index (χ0n) is 11.1. The lowest BCUT2D eigenvalue weighted by atomic mass is 10.1. The molecule has 1 fully saturated rings. The molecule has 0 spiro atoms. The van der Waals surface area contributed by atoms with Crippen LogP contribution in [-0.4, -0.2) is 19.1 Å². The number of ether oxygens (including phenoxy) is 1. The number of hydrogen-bond acceptors (Lipinski definition) is 3. The summed E-state index contributed by atoms with van der Waals surface area (Å²) in [6, 6.07) is 8.75. The second-order valence-electron chi connectivity index (χ2n) is 5.09. The molecule has 1 atom stereocenters. The van der Waals surface area contributed by atoms with E-state index in [2.05, 4.69) is 36.5 Å². The second-order valence-corrected chi connectivity index (χ2v) is 5.09. The Bertz CT molecular complexity index is 395. The minimum Gasteiger partial charge on any atom is -0.469 e. The molecule has 1 saturated carbocycles. The van der Waals surface area contributed by atoms with E-state index in [9.17, 15) is 4.79 Å². The minimum absolute atomic E-state index is 0.122. The molecule has 1 aliphatic rings. The van der Waals surface area contributed by atoms with Gasteiger partial charge < -0.3 is 10.1 Å². The SMILES string of the molecule is COC(=O)CC(NCc1ccc(C)cc1)C1CC1. The third-order valence-electron chi connectivity index (χ3n) is 3.49. The molecule has 2 rings (SSSR count). The molecule has 3 heteroatoms. The molecule has 1 N–H and O–H groups in total. The van der Waals surface area contributed by atoms with Crippen LogP contribution in [0.25, 0.3) is 0 Å². The van der Waals surface area contributed by atoms with E-state index in [0.29, 0.717) is 12.3 Å². The fraction of sp³-hybridized carbons (Fsp3) is 0.533. The van der Waals surface area contributed by atoms with Gasteiger partial charge in [-0.15, -0.1) is 0 Å². The number of benzene rings is 1. The third-order valence-corrected chi connectivity index (χ3v) is 3.49. The van der Waals surface area contributed by atoms with E-state index in [-0.39, 0.29) is 12.0 Å². The van der Waals surface area contributed by atoms with Crippen LogP contribution in [0.3, 0.4) is 0 Å². The predicted molar refractivity (Wildman–Crippen MR) is 71.2 cm³/mol. The maximum atomic E-state index is 11.3. The van der Waals surface area contributed by atoms with Crippen LogP contribution in [0.15, 0.2) is 24.3 Å². The number of rotatable bonds is 6. The molecule has 0 saturated heterocycles. The Balaban J connectivity index is 1.85. The summed E-state index contributed by atoms with van der Waals surface area (Å²) in [6.07, 6.45) is 2.93. The van der Waals surface area contributed by atoms with E-state index in [1.807, 2.05) is 0 Å². The molecule has 1 aliphatic carbocycles. The van der Waals surface area contributed by atoms with Crippen molar-refractivity contribution in [3.63, 3.8) is 0 Å². The van der Waals surface area contributed by atoms with Gasteiger partial charge in [0.25, 0.3) is 0 Å². The van der Waals surface area contributed by atoms with Gasteiger partial charge in [0.1, 0.15) is 0 Å². The Hall–Kier alpha value is -1.35. The number of hydrogen-bond donors (Lipinski definition) is 1. The number of carbonyl (C=O) groups is 1. The first kappa shape index (κ1) is 13.1. The topological polar surface area (TPSA) is 38.3 Å². The summed E-state index contributed by atoms with van der Waals surface area (Å²) in [5, 5.41) is 3.48. The molecule has 0 aliphatic heterocycles. The molecule has 1 aromatic carbocycles. The van der Waals surface area contributed by atoms with Crippen LogP contribution in [0.5, 0.6) is 0 Å². The van der Waals surface area contributed by atoms with Crippen molar-refractivity contribution in [2.75, 3.05) is 7.11 Å². The second kappa shape index (κ2) is 6.01. The quantitative estimate of drug-likeness (QED) is 0.785. The lowest BCUT2D eigenvalue weighted by Crippen LogP contribution is -2.33. The van der Waals surface area contributed by atoms with Gasteiger partial charge in [-0.05, 0) is 31.2 Å². The maximum absolute atomic E-state index is 11.3. The lowest BCUT2D eigenvalue weighted by molar-refractivity contribution is -0.141. The van der Waals surface area contributed by atoms with E-state index in [1.54, 1.807) is 0 Å². The number of aryl methyl sites for hydroxylation is 1. The van der Waals surface area contributed by atoms with Crippen molar-refractivity contribution in [2.24, 2.45) is 5.92 Å². The van der Waals surface area contributed by atoms with E-state index >= 15 is 0 Å². The molecule has 0 bridgehead atoms. The first-order valence-electron chi connectivity index (χ1n) is 6.55. The number of nitrogens with one attached hydrogen (secondary N) is 1. The molecular weight excluding hydrogens is 226 g/mol. The number of methoxy groups -OCH3 is 1. The summed E-state index contributed by atoms with van der Waals surface area (Å²) in [5.41, 5.74) is 2.53. The van der Waals surface area contributed by atoms with E-state index in [4.69, 9.17) is 4.74 Å². The highest BCUT2D eigenvalue weighted by molar-refractivity contribution is 5.70. The minimum atomic E-state index is -0.122. The number of carbonyl (C=O) groups excluding carboxylic acids is 1. The molecule has 0 radical (unpaired) electrons. The highest BCUT2D eigenvalue weighted by Crippen LogP contribution is 2.34. The Morgan fingerprint density at radius 3 is 2.61 bits per heavy atom. The van der Waals surface area contributed by atoms with E-state index in [0.717, 1.165) is 6.54 Å². The largest absolute Gasteiger partial charge is 0.469 e. The van der Waals surface area contributed by atoms with Gasteiger partial charge in [-0.2, -0.15) is 0 Å². The van der Waals surface area contributed by atoms with Crippen molar-refractivity contribution < 1.29 is 9.53 Å². The van der Waals surface area contributed by atoms with E-state index in [1.165, 1.54) is 31.1 Å². The summed E-state index contributed by atoms with van der Waals surface area (Å²) < 4.78 is 4.75. The predicted octanol–water partition coefficient (Wildman–Crippen LogP) is 2.43. The summed E-state index contributed by atoms with van der Waals surface area (Å²) in [4.78, 5) is 11.3. The first-order valence-corrected chi connectivity index (χ1v) is 6.55.